The van der Waals surface area contributed by atoms with Crippen molar-refractivity contribution in [2.75, 3.05) is 20.6 Å². The lowest BCUT2D eigenvalue weighted by atomic mass is 10.0. The van der Waals surface area contributed by atoms with Crippen molar-refractivity contribution in [3.63, 3.8) is 0 Å². The van der Waals surface area contributed by atoms with E-state index in [2.05, 4.69) is 37.5 Å². The van der Waals surface area contributed by atoms with Crippen LogP contribution in [0, 0.1) is 5.92 Å². The molecule has 0 aliphatic rings. The zero-order chi connectivity index (χ0) is 20.0. The summed E-state index contributed by atoms with van der Waals surface area (Å²) in [6.45, 7) is 4.33. The fraction of sp³-hybridized carbons (Fsp3) is 0.400. The first-order valence-electron chi connectivity index (χ1n) is 8.84. The van der Waals surface area contributed by atoms with E-state index in [1.54, 1.807) is 23.5 Å². The smallest absolute Gasteiger partial charge is 0.253 e. The molecule has 0 aliphatic carbocycles. The van der Waals surface area contributed by atoms with Gasteiger partial charge in [-0.2, -0.15) is 0 Å². The molecule has 2 N–H and O–H groups in total. The maximum atomic E-state index is 12.8. The van der Waals surface area contributed by atoms with Gasteiger partial charge in [-0.05, 0) is 59.5 Å². The van der Waals surface area contributed by atoms with E-state index in [1.165, 1.54) is 4.88 Å². The number of nitrogens with one attached hydrogen (secondary N) is 2. The van der Waals surface area contributed by atoms with E-state index in [0.717, 1.165) is 0 Å². The Morgan fingerprint density at radius 3 is 2.41 bits per heavy atom. The van der Waals surface area contributed by atoms with Crippen molar-refractivity contribution in [3.05, 3.63) is 56.7 Å². The zero-order valence-corrected chi connectivity index (χ0v) is 18.4. The molecule has 1 aromatic heterocycles. The third kappa shape index (κ3) is 5.89. The number of halogens is 1. The Labute approximate surface area is 173 Å². The molecule has 0 bridgehead atoms. The lowest BCUT2D eigenvalue weighted by Gasteiger charge is -2.26. The summed E-state index contributed by atoms with van der Waals surface area (Å²) in [5, 5.41) is 7.90. The van der Waals surface area contributed by atoms with Crippen LogP contribution in [0.2, 0.25) is 0 Å². The molecule has 2 aromatic rings. The minimum atomic E-state index is -0.601. The van der Waals surface area contributed by atoms with Gasteiger partial charge in [-0.15, -0.1) is 11.3 Å². The van der Waals surface area contributed by atoms with Gasteiger partial charge in [0.05, 0.1) is 11.6 Å². The van der Waals surface area contributed by atoms with E-state index >= 15 is 0 Å². The van der Waals surface area contributed by atoms with E-state index in [4.69, 9.17) is 0 Å². The van der Waals surface area contributed by atoms with E-state index in [1.807, 2.05) is 51.5 Å². The molecule has 0 saturated heterocycles. The van der Waals surface area contributed by atoms with Gasteiger partial charge in [-0.1, -0.05) is 32.0 Å². The standard InChI is InChI=1S/C20H26BrN3O2S/c1-13(2)18(23-19(25)14-8-5-6-9-15(14)21)20(26)22-12-16(24(3)4)17-10-7-11-27-17/h5-11,13,16,18H,12H2,1-4H3,(H,22,26)(H,23,25). The number of benzene rings is 1. The Kier molecular flexibility index (Phi) is 8.01. The fourth-order valence-corrected chi connectivity index (χ4v) is 4.11. The molecule has 2 rings (SSSR count). The largest absolute Gasteiger partial charge is 0.352 e. The first kappa shape index (κ1) is 21.6. The normalized spacial score (nSPS) is 13.4. The van der Waals surface area contributed by atoms with Crippen LogP contribution in [0.25, 0.3) is 0 Å². The highest BCUT2D eigenvalue weighted by Crippen LogP contribution is 2.22. The Morgan fingerprint density at radius 2 is 1.85 bits per heavy atom. The molecule has 1 aromatic carbocycles. The second kappa shape index (κ2) is 10.0. The van der Waals surface area contributed by atoms with Gasteiger partial charge >= 0.3 is 0 Å². The third-order valence-corrected chi connectivity index (χ3v) is 5.98. The number of hydrogen-bond donors (Lipinski definition) is 2. The van der Waals surface area contributed by atoms with Crippen molar-refractivity contribution in [2.45, 2.75) is 25.9 Å². The van der Waals surface area contributed by atoms with Gasteiger partial charge in [-0.3, -0.25) is 9.59 Å². The van der Waals surface area contributed by atoms with Gasteiger partial charge in [0.25, 0.3) is 5.91 Å². The van der Waals surface area contributed by atoms with Gasteiger partial charge < -0.3 is 15.5 Å². The molecule has 0 radical (unpaired) electrons. The average Bonchev–Trinajstić information content (AvgIpc) is 3.13. The van der Waals surface area contributed by atoms with Crippen LogP contribution in [0.4, 0.5) is 0 Å². The molecule has 0 aliphatic heterocycles. The number of thiophene rings is 1. The predicted molar refractivity (Wildman–Crippen MR) is 114 cm³/mol. The van der Waals surface area contributed by atoms with Crippen molar-refractivity contribution in [3.8, 4) is 0 Å². The molecular weight excluding hydrogens is 426 g/mol. The first-order chi connectivity index (χ1) is 12.8. The van der Waals surface area contributed by atoms with Crippen LogP contribution >= 0.6 is 27.3 Å². The van der Waals surface area contributed by atoms with Crippen LogP contribution in [0.3, 0.4) is 0 Å². The fourth-order valence-electron chi connectivity index (χ4n) is 2.73. The van der Waals surface area contributed by atoms with Crippen molar-refractivity contribution in [1.29, 1.82) is 0 Å². The van der Waals surface area contributed by atoms with Crippen molar-refractivity contribution < 1.29 is 9.59 Å². The molecule has 5 nitrogen and oxygen atoms in total. The topological polar surface area (TPSA) is 61.4 Å². The summed E-state index contributed by atoms with van der Waals surface area (Å²) in [6, 6.07) is 10.8. The Balaban J connectivity index is 2.04. The summed E-state index contributed by atoms with van der Waals surface area (Å²) in [5.41, 5.74) is 0.515. The van der Waals surface area contributed by atoms with Crippen molar-refractivity contribution in [1.82, 2.24) is 15.5 Å². The number of likely N-dealkylation sites (N-methyl/N-ethyl adjacent to an activating group) is 1. The van der Waals surface area contributed by atoms with E-state index in [9.17, 15) is 9.59 Å². The van der Waals surface area contributed by atoms with Gasteiger partial charge in [-0.25, -0.2) is 0 Å². The first-order valence-corrected chi connectivity index (χ1v) is 10.5. The van der Waals surface area contributed by atoms with Crippen LogP contribution < -0.4 is 10.6 Å². The SMILES string of the molecule is CC(C)C(NC(=O)c1ccccc1Br)C(=O)NCC(c1cccs1)N(C)C. The quantitative estimate of drug-likeness (QED) is 0.643. The van der Waals surface area contributed by atoms with E-state index in [0.29, 0.717) is 16.6 Å². The summed E-state index contributed by atoms with van der Waals surface area (Å²) in [5.74, 6) is -0.469. The molecule has 0 saturated carbocycles. The highest BCUT2D eigenvalue weighted by molar-refractivity contribution is 9.10. The van der Waals surface area contributed by atoms with Gasteiger partial charge in [0, 0.05) is 15.9 Å². The van der Waals surface area contributed by atoms with Crippen LogP contribution in [0.15, 0.2) is 46.3 Å². The number of carbonyl (C=O) groups excluding carboxylic acids is 2. The number of nitrogens with zero attached hydrogens (tertiary/aromatic N) is 1. The van der Waals surface area contributed by atoms with Crippen molar-refractivity contribution >= 4 is 39.1 Å². The molecule has 2 atom stereocenters. The highest BCUT2D eigenvalue weighted by atomic mass is 79.9. The summed E-state index contributed by atoms with van der Waals surface area (Å²) in [4.78, 5) is 28.6. The number of hydrogen-bond acceptors (Lipinski definition) is 4. The van der Waals surface area contributed by atoms with Crippen molar-refractivity contribution in [2.24, 2.45) is 5.92 Å². The summed E-state index contributed by atoms with van der Waals surface area (Å²) in [6.07, 6.45) is 0. The number of rotatable bonds is 8. The maximum absolute atomic E-state index is 12.8. The lowest BCUT2D eigenvalue weighted by molar-refractivity contribution is -0.124. The second-order valence-electron chi connectivity index (χ2n) is 6.91. The van der Waals surface area contributed by atoms with Gasteiger partial charge in [0.15, 0.2) is 0 Å². The molecule has 1 heterocycles. The highest BCUT2D eigenvalue weighted by Gasteiger charge is 2.26. The summed E-state index contributed by atoms with van der Waals surface area (Å²) >= 11 is 5.05. The molecule has 27 heavy (non-hydrogen) atoms. The third-order valence-electron chi connectivity index (χ3n) is 4.32. The average molecular weight is 452 g/mol. The summed E-state index contributed by atoms with van der Waals surface area (Å²) in [7, 11) is 3.98. The monoisotopic (exact) mass is 451 g/mol. The molecule has 0 fully saturated rings. The molecule has 146 valence electrons. The molecule has 7 heteroatoms. The Hall–Kier alpha value is -1.70. The second-order valence-corrected chi connectivity index (χ2v) is 8.75. The van der Waals surface area contributed by atoms with Crippen LogP contribution in [-0.2, 0) is 4.79 Å². The summed E-state index contributed by atoms with van der Waals surface area (Å²) < 4.78 is 0.704. The Bertz CT molecular complexity index is 762. The molecule has 2 unspecified atom stereocenters. The van der Waals surface area contributed by atoms with E-state index in [-0.39, 0.29) is 23.8 Å². The van der Waals surface area contributed by atoms with Crippen LogP contribution in [0.1, 0.15) is 35.1 Å². The number of carbonyl (C=O) groups is 2. The van der Waals surface area contributed by atoms with Gasteiger partial charge in [0.2, 0.25) is 5.91 Å². The molecule has 0 spiro atoms. The lowest BCUT2D eigenvalue weighted by Crippen LogP contribution is -2.51. The molecular formula is C20H26BrN3O2S. The van der Waals surface area contributed by atoms with Crippen LogP contribution in [0.5, 0.6) is 0 Å². The minimum Gasteiger partial charge on any atom is -0.352 e. The van der Waals surface area contributed by atoms with Crippen LogP contribution in [-0.4, -0.2) is 43.4 Å². The maximum Gasteiger partial charge on any atom is 0.253 e. The van der Waals surface area contributed by atoms with Gasteiger partial charge in [0.1, 0.15) is 6.04 Å². The minimum absolute atomic E-state index is 0.0315. The Morgan fingerprint density at radius 1 is 1.15 bits per heavy atom. The number of amides is 2. The van der Waals surface area contributed by atoms with E-state index < -0.39 is 6.04 Å². The predicted octanol–water partition coefficient (Wildman–Crippen LogP) is 3.68. The zero-order valence-electron chi connectivity index (χ0n) is 16.0. The molecule has 2 amide bonds.